The lowest BCUT2D eigenvalue weighted by Gasteiger charge is -2.09. The van der Waals surface area contributed by atoms with Gasteiger partial charge in [0, 0.05) is 11.8 Å². The summed E-state index contributed by atoms with van der Waals surface area (Å²) in [4.78, 5) is 17.6. The van der Waals surface area contributed by atoms with Crippen LogP contribution in [0.5, 0.6) is 0 Å². The van der Waals surface area contributed by atoms with Crippen LogP contribution in [-0.4, -0.2) is 32.9 Å². The minimum atomic E-state index is -0.528. The van der Waals surface area contributed by atoms with Gasteiger partial charge in [0.1, 0.15) is 6.20 Å². The van der Waals surface area contributed by atoms with Gasteiger partial charge in [-0.3, -0.25) is 10.1 Å². The van der Waals surface area contributed by atoms with E-state index >= 15 is 0 Å². The van der Waals surface area contributed by atoms with Gasteiger partial charge in [0.15, 0.2) is 0 Å². The molecule has 0 aliphatic carbocycles. The molecule has 1 unspecified atom stereocenters. The second-order valence-electron chi connectivity index (χ2n) is 3.48. The molecule has 0 radical (unpaired) electrons. The molecule has 0 aromatic carbocycles. The summed E-state index contributed by atoms with van der Waals surface area (Å²) < 4.78 is 0. The molecular formula is C9H15N5O2S. The molecule has 8 heteroatoms. The van der Waals surface area contributed by atoms with Gasteiger partial charge in [-0.15, -0.1) is 0 Å². The van der Waals surface area contributed by atoms with Crippen LogP contribution in [0.2, 0.25) is 0 Å². The predicted molar refractivity (Wildman–Crippen MR) is 69.2 cm³/mol. The van der Waals surface area contributed by atoms with Gasteiger partial charge in [0.25, 0.3) is 0 Å². The Morgan fingerprint density at radius 1 is 1.71 bits per heavy atom. The monoisotopic (exact) mass is 257 g/mol. The van der Waals surface area contributed by atoms with Crippen LogP contribution in [0.4, 0.5) is 17.5 Å². The minimum Gasteiger partial charge on any atom is -0.368 e. The largest absolute Gasteiger partial charge is 0.368 e. The van der Waals surface area contributed by atoms with Gasteiger partial charge < -0.3 is 11.1 Å². The van der Waals surface area contributed by atoms with Crippen molar-refractivity contribution >= 4 is 29.2 Å². The SMILES string of the molecule is CSC(C)CCNc1nc(N)ncc1[N+](=O)[O-]. The van der Waals surface area contributed by atoms with Crippen LogP contribution in [0, 0.1) is 10.1 Å². The maximum absolute atomic E-state index is 10.7. The summed E-state index contributed by atoms with van der Waals surface area (Å²) in [6.07, 6.45) is 4.03. The number of nitrogen functional groups attached to an aromatic ring is 1. The molecule has 1 aromatic heterocycles. The van der Waals surface area contributed by atoms with Crippen molar-refractivity contribution in [3.63, 3.8) is 0 Å². The van der Waals surface area contributed by atoms with Crippen LogP contribution in [0.3, 0.4) is 0 Å². The first-order chi connectivity index (χ1) is 8.04. The smallest absolute Gasteiger partial charge is 0.329 e. The van der Waals surface area contributed by atoms with E-state index < -0.39 is 4.92 Å². The number of hydrogen-bond acceptors (Lipinski definition) is 7. The second-order valence-corrected chi connectivity index (χ2v) is 4.76. The average molecular weight is 257 g/mol. The zero-order valence-corrected chi connectivity index (χ0v) is 10.5. The van der Waals surface area contributed by atoms with Crippen molar-refractivity contribution in [1.29, 1.82) is 0 Å². The third-order valence-corrected chi connectivity index (χ3v) is 3.27. The van der Waals surface area contributed by atoms with Gasteiger partial charge in [0.05, 0.1) is 4.92 Å². The van der Waals surface area contributed by atoms with Crippen LogP contribution in [0.25, 0.3) is 0 Å². The van der Waals surface area contributed by atoms with Crippen molar-refractivity contribution in [1.82, 2.24) is 9.97 Å². The summed E-state index contributed by atoms with van der Waals surface area (Å²) in [5.74, 6) is 0.201. The van der Waals surface area contributed by atoms with Gasteiger partial charge >= 0.3 is 5.69 Å². The molecule has 0 aliphatic rings. The van der Waals surface area contributed by atoms with E-state index in [1.54, 1.807) is 11.8 Å². The summed E-state index contributed by atoms with van der Waals surface area (Å²) in [6, 6.07) is 0. The van der Waals surface area contributed by atoms with Crippen molar-refractivity contribution in [2.45, 2.75) is 18.6 Å². The van der Waals surface area contributed by atoms with E-state index in [-0.39, 0.29) is 17.5 Å². The minimum absolute atomic E-state index is 0.0241. The Morgan fingerprint density at radius 2 is 2.41 bits per heavy atom. The maximum atomic E-state index is 10.7. The van der Waals surface area contributed by atoms with Crippen molar-refractivity contribution in [2.24, 2.45) is 0 Å². The fraction of sp³-hybridized carbons (Fsp3) is 0.556. The molecule has 1 rings (SSSR count). The third-order valence-electron chi connectivity index (χ3n) is 2.23. The number of nitrogens with zero attached hydrogens (tertiary/aromatic N) is 3. The highest BCUT2D eigenvalue weighted by Gasteiger charge is 2.16. The number of nitrogens with one attached hydrogen (secondary N) is 1. The van der Waals surface area contributed by atoms with Crippen LogP contribution < -0.4 is 11.1 Å². The summed E-state index contributed by atoms with van der Waals surface area (Å²) >= 11 is 1.74. The molecule has 0 spiro atoms. The molecule has 1 heterocycles. The Bertz CT molecular complexity index is 401. The van der Waals surface area contributed by atoms with E-state index in [1.165, 1.54) is 0 Å². The summed E-state index contributed by atoms with van der Waals surface area (Å²) in [5, 5.41) is 14.1. The van der Waals surface area contributed by atoms with Gasteiger partial charge in [0.2, 0.25) is 11.8 Å². The molecule has 0 fully saturated rings. The predicted octanol–water partition coefficient (Wildman–Crippen LogP) is 1.52. The number of rotatable bonds is 6. The number of anilines is 2. The van der Waals surface area contributed by atoms with E-state index in [0.717, 1.165) is 12.6 Å². The normalized spacial score (nSPS) is 12.1. The molecule has 17 heavy (non-hydrogen) atoms. The first-order valence-corrected chi connectivity index (χ1v) is 6.37. The van der Waals surface area contributed by atoms with Crippen molar-refractivity contribution in [3.05, 3.63) is 16.3 Å². The molecule has 0 saturated heterocycles. The molecule has 0 saturated carbocycles. The lowest BCUT2D eigenvalue weighted by Crippen LogP contribution is -2.11. The molecule has 3 N–H and O–H groups in total. The van der Waals surface area contributed by atoms with E-state index in [4.69, 9.17) is 5.73 Å². The standard InChI is InChI=1S/C9H15N5O2S/c1-6(17-2)3-4-11-8-7(14(15)16)5-12-9(10)13-8/h5-6H,3-4H2,1-2H3,(H3,10,11,12,13). The number of thioether (sulfide) groups is 1. The Kier molecular flexibility index (Phi) is 4.95. The number of aromatic nitrogens is 2. The quantitative estimate of drug-likeness (QED) is 0.587. The van der Waals surface area contributed by atoms with E-state index in [1.807, 2.05) is 6.26 Å². The van der Waals surface area contributed by atoms with Gasteiger partial charge in [-0.05, 0) is 12.7 Å². The zero-order valence-electron chi connectivity index (χ0n) is 9.71. The first kappa shape index (κ1) is 13.5. The lowest BCUT2D eigenvalue weighted by atomic mass is 10.3. The van der Waals surface area contributed by atoms with E-state index in [9.17, 15) is 10.1 Å². The zero-order chi connectivity index (χ0) is 12.8. The highest BCUT2D eigenvalue weighted by Crippen LogP contribution is 2.21. The molecular weight excluding hydrogens is 242 g/mol. The molecule has 7 nitrogen and oxygen atoms in total. The van der Waals surface area contributed by atoms with Crippen LogP contribution in [-0.2, 0) is 0 Å². The number of nitrogens with two attached hydrogens (primary N) is 1. The fourth-order valence-corrected chi connectivity index (χ4v) is 1.52. The maximum Gasteiger partial charge on any atom is 0.329 e. The molecule has 0 bridgehead atoms. The van der Waals surface area contributed by atoms with Crippen molar-refractivity contribution in [2.75, 3.05) is 23.9 Å². The van der Waals surface area contributed by atoms with Gasteiger partial charge in [-0.2, -0.15) is 16.7 Å². The Hall–Kier alpha value is -1.57. The molecule has 94 valence electrons. The topological polar surface area (TPSA) is 107 Å². The van der Waals surface area contributed by atoms with Gasteiger partial charge in [-0.1, -0.05) is 6.92 Å². The second kappa shape index (κ2) is 6.24. The molecule has 0 amide bonds. The van der Waals surface area contributed by atoms with Crippen molar-refractivity contribution < 1.29 is 4.92 Å². The average Bonchev–Trinajstić information content (AvgIpc) is 2.28. The third kappa shape index (κ3) is 4.06. The number of nitro groups is 1. The Balaban J connectivity index is 2.68. The lowest BCUT2D eigenvalue weighted by molar-refractivity contribution is -0.384. The summed E-state index contributed by atoms with van der Waals surface area (Å²) in [6.45, 7) is 2.70. The Labute approximate surface area is 103 Å². The van der Waals surface area contributed by atoms with Crippen molar-refractivity contribution in [3.8, 4) is 0 Å². The van der Waals surface area contributed by atoms with Crippen LogP contribution >= 0.6 is 11.8 Å². The van der Waals surface area contributed by atoms with Gasteiger partial charge in [-0.25, -0.2) is 4.98 Å². The first-order valence-electron chi connectivity index (χ1n) is 5.08. The molecule has 1 aromatic rings. The Morgan fingerprint density at radius 3 is 3.00 bits per heavy atom. The number of hydrogen-bond donors (Lipinski definition) is 2. The van der Waals surface area contributed by atoms with E-state index in [2.05, 4.69) is 22.2 Å². The van der Waals surface area contributed by atoms with Crippen LogP contribution in [0.1, 0.15) is 13.3 Å². The fourth-order valence-electron chi connectivity index (χ4n) is 1.16. The van der Waals surface area contributed by atoms with E-state index in [0.29, 0.717) is 11.8 Å². The summed E-state index contributed by atoms with van der Waals surface area (Å²) in [5.41, 5.74) is 5.24. The summed E-state index contributed by atoms with van der Waals surface area (Å²) in [7, 11) is 0. The molecule has 1 atom stereocenters. The highest BCUT2D eigenvalue weighted by molar-refractivity contribution is 7.99. The molecule has 0 aliphatic heterocycles. The highest BCUT2D eigenvalue weighted by atomic mass is 32.2. The van der Waals surface area contributed by atoms with Crippen LogP contribution in [0.15, 0.2) is 6.20 Å².